The van der Waals surface area contributed by atoms with E-state index < -0.39 is 4.92 Å². The Kier molecular flexibility index (Phi) is 3.73. The number of nitrogens with zero attached hydrogens (tertiary/aromatic N) is 3. The number of aromatic nitrogens is 2. The topological polar surface area (TPSA) is 78.2 Å². The summed E-state index contributed by atoms with van der Waals surface area (Å²) in [5.74, 6) is 0.205. The summed E-state index contributed by atoms with van der Waals surface area (Å²) in [4.78, 5) is 10.4. The fourth-order valence-electron chi connectivity index (χ4n) is 1.32. The lowest BCUT2D eigenvalue weighted by atomic mass is 10.2. The molecule has 0 N–H and O–H groups in total. The zero-order chi connectivity index (χ0) is 13.1. The van der Waals surface area contributed by atoms with E-state index in [9.17, 15) is 10.1 Å². The van der Waals surface area contributed by atoms with E-state index in [1.807, 2.05) is 0 Å². The van der Waals surface area contributed by atoms with Crippen molar-refractivity contribution in [2.45, 2.75) is 13.5 Å². The lowest BCUT2D eigenvalue weighted by molar-refractivity contribution is -0.386. The van der Waals surface area contributed by atoms with Gasteiger partial charge in [-0.2, -0.15) is 0 Å². The van der Waals surface area contributed by atoms with Gasteiger partial charge in [-0.3, -0.25) is 10.1 Å². The number of benzene rings is 1. The molecular formula is C10H8ClN3O3S. The lowest BCUT2D eigenvalue weighted by Crippen LogP contribution is -1.99. The molecule has 8 heteroatoms. The number of hydrogen-bond acceptors (Lipinski definition) is 6. The van der Waals surface area contributed by atoms with E-state index in [1.54, 1.807) is 19.1 Å². The molecule has 0 aliphatic carbocycles. The van der Waals surface area contributed by atoms with Crippen LogP contribution in [-0.2, 0) is 6.61 Å². The van der Waals surface area contributed by atoms with E-state index in [4.69, 9.17) is 16.3 Å². The highest BCUT2D eigenvalue weighted by molar-refractivity contribution is 7.15. The van der Waals surface area contributed by atoms with E-state index in [0.717, 1.165) is 5.56 Å². The fourth-order valence-corrected chi connectivity index (χ4v) is 2.10. The molecule has 2 aromatic rings. The molecule has 1 heterocycles. The first-order valence-corrected chi connectivity index (χ1v) is 6.11. The molecule has 0 fully saturated rings. The second-order valence-corrected chi connectivity index (χ2v) is 5.11. The first kappa shape index (κ1) is 12.7. The van der Waals surface area contributed by atoms with Crippen molar-refractivity contribution in [3.05, 3.63) is 43.4 Å². The third-order valence-electron chi connectivity index (χ3n) is 2.10. The van der Waals surface area contributed by atoms with Crippen molar-refractivity contribution in [1.29, 1.82) is 0 Å². The maximum atomic E-state index is 10.9. The van der Waals surface area contributed by atoms with Crippen LogP contribution in [0, 0.1) is 17.0 Å². The van der Waals surface area contributed by atoms with Crippen molar-refractivity contribution >= 4 is 28.6 Å². The largest absolute Gasteiger partial charge is 0.479 e. The molecule has 0 amide bonds. The van der Waals surface area contributed by atoms with Gasteiger partial charge in [-0.05, 0) is 30.2 Å². The molecule has 0 radical (unpaired) electrons. The highest BCUT2D eigenvalue weighted by Crippen LogP contribution is 2.28. The Bertz CT molecular complexity index is 587. The third kappa shape index (κ3) is 2.93. The SMILES string of the molecule is Cc1ccc(OCc2nnc(Cl)s2)c([N+](=O)[O-])c1. The van der Waals surface area contributed by atoms with Gasteiger partial charge in [0.2, 0.25) is 4.47 Å². The molecule has 0 unspecified atom stereocenters. The number of rotatable bonds is 4. The van der Waals surface area contributed by atoms with E-state index in [1.165, 1.54) is 17.4 Å². The van der Waals surface area contributed by atoms with E-state index in [0.29, 0.717) is 9.47 Å². The van der Waals surface area contributed by atoms with Gasteiger partial charge in [0.25, 0.3) is 0 Å². The Hall–Kier alpha value is -1.73. The van der Waals surface area contributed by atoms with Crippen LogP contribution in [0.25, 0.3) is 0 Å². The van der Waals surface area contributed by atoms with Gasteiger partial charge in [0.05, 0.1) is 4.92 Å². The van der Waals surface area contributed by atoms with Crippen LogP contribution in [0.3, 0.4) is 0 Å². The van der Waals surface area contributed by atoms with Gasteiger partial charge >= 0.3 is 5.69 Å². The zero-order valence-electron chi connectivity index (χ0n) is 9.29. The molecule has 1 aromatic carbocycles. The lowest BCUT2D eigenvalue weighted by Gasteiger charge is -2.05. The van der Waals surface area contributed by atoms with Gasteiger partial charge in [0, 0.05) is 6.07 Å². The molecule has 2 rings (SSSR count). The van der Waals surface area contributed by atoms with Gasteiger partial charge in [-0.1, -0.05) is 17.4 Å². The molecular weight excluding hydrogens is 278 g/mol. The van der Waals surface area contributed by atoms with Gasteiger partial charge in [0.15, 0.2) is 10.8 Å². The van der Waals surface area contributed by atoms with Crippen LogP contribution in [0.5, 0.6) is 5.75 Å². The molecule has 6 nitrogen and oxygen atoms in total. The smallest absolute Gasteiger partial charge is 0.311 e. The molecule has 0 bridgehead atoms. The summed E-state index contributed by atoms with van der Waals surface area (Å²) in [6.45, 7) is 1.88. The average Bonchev–Trinajstić information content (AvgIpc) is 2.73. The van der Waals surface area contributed by atoms with Crippen LogP contribution in [0.4, 0.5) is 5.69 Å². The number of nitro benzene ring substituents is 1. The minimum absolute atomic E-state index is 0.0642. The minimum atomic E-state index is -0.477. The molecule has 0 aliphatic rings. The van der Waals surface area contributed by atoms with Crippen LogP contribution in [0.15, 0.2) is 18.2 Å². The maximum absolute atomic E-state index is 10.9. The number of nitro groups is 1. The van der Waals surface area contributed by atoms with Crippen molar-refractivity contribution in [3.8, 4) is 5.75 Å². The monoisotopic (exact) mass is 285 g/mol. The van der Waals surface area contributed by atoms with E-state index >= 15 is 0 Å². The summed E-state index contributed by atoms with van der Waals surface area (Å²) in [6, 6.07) is 4.77. The second-order valence-electron chi connectivity index (χ2n) is 3.47. The van der Waals surface area contributed by atoms with E-state index in [2.05, 4.69) is 10.2 Å². The number of hydrogen-bond donors (Lipinski definition) is 0. The molecule has 1 aromatic heterocycles. The Labute approximate surface area is 111 Å². The third-order valence-corrected chi connectivity index (χ3v) is 3.10. The summed E-state index contributed by atoms with van der Waals surface area (Å²) >= 11 is 6.80. The molecule has 18 heavy (non-hydrogen) atoms. The molecule has 0 saturated heterocycles. The first-order chi connectivity index (χ1) is 8.56. The molecule has 94 valence electrons. The Morgan fingerprint density at radius 1 is 1.50 bits per heavy atom. The van der Waals surface area contributed by atoms with E-state index in [-0.39, 0.29) is 18.0 Å². The summed E-state index contributed by atoms with van der Waals surface area (Å²) < 4.78 is 5.67. The minimum Gasteiger partial charge on any atom is -0.479 e. The maximum Gasteiger partial charge on any atom is 0.311 e. The molecule has 0 saturated carbocycles. The van der Waals surface area contributed by atoms with Crippen molar-refractivity contribution in [2.24, 2.45) is 0 Å². The molecule has 0 spiro atoms. The number of halogens is 1. The Morgan fingerprint density at radius 2 is 2.28 bits per heavy atom. The zero-order valence-corrected chi connectivity index (χ0v) is 10.9. The van der Waals surface area contributed by atoms with Crippen molar-refractivity contribution < 1.29 is 9.66 Å². The standard InChI is InChI=1S/C10H8ClN3O3S/c1-6-2-3-8(7(4-6)14(15)16)17-5-9-12-13-10(11)18-9/h2-4H,5H2,1H3. The summed E-state index contributed by atoms with van der Waals surface area (Å²) in [5, 5.41) is 18.8. The first-order valence-electron chi connectivity index (χ1n) is 4.92. The van der Waals surface area contributed by atoms with Crippen molar-refractivity contribution in [1.82, 2.24) is 10.2 Å². The highest BCUT2D eigenvalue weighted by Gasteiger charge is 2.15. The van der Waals surface area contributed by atoms with Crippen LogP contribution in [0.2, 0.25) is 4.47 Å². The van der Waals surface area contributed by atoms with Crippen LogP contribution < -0.4 is 4.74 Å². The predicted octanol–water partition coefficient (Wildman–Crippen LogP) is 2.99. The van der Waals surface area contributed by atoms with Gasteiger partial charge in [-0.15, -0.1) is 10.2 Å². The summed E-state index contributed by atoms with van der Waals surface area (Å²) in [6.07, 6.45) is 0. The van der Waals surface area contributed by atoms with Crippen LogP contribution in [-0.4, -0.2) is 15.1 Å². The average molecular weight is 286 g/mol. The Balaban J connectivity index is 2.16. The number of ether oxygens (including phenoxy) is 1. The summed E-state index contributed by atoms with van der Waals surface area (Å²) in [7, 11) is 0. The van der Waals surface area contributed by atoms with Crippen LogP contribution >= 0.6 is 22.9 Å². The molecule has 0 aliphatic heterocycles. The second kappa shape index (κ2) is 5.28. The molecule has 0 atom stereocenters. The predicted molar refractivity (Wildman–Crippen MR) is 67.1 cm³/mol. The van der Waals surface area contributed by atoms with Gasteiger partial charge in [-0.25, -0.2) is 0 Å². The normalized spacial score (nSPS) is 10.3. The van der Waals surface area contributed by atoms with Crippen molar-refractivity contribution in [2.75, 3.05) is 0 Å². The fraction of sp³-hybridized carbons (Fsp3) is 0.200. The van der Waals surface area contributed by atoms with Gasteiger partial charge < -0.3 is 4.74 Å². The van der Waals surface area contributed by atoms with Gasteiger partial charge in [0.1, 0.15) is 6.61 Å². The quantitative estimate of drug-likeness (QED) is 0.637. The van der Waals surface area contributed by atoms with Crippen molar-refractivity contribution in [3.63, 3.8) is 0 Å². The number of aryl methyl sites for hydroxylation is 1. The summed E-state index contributed by atoms with van der Waals surface area (Å²) in [5.41, 5.74) is 0.735. The Morgan fingerprint density at radius 3 is 2.89 bits per heavy atom. The highest BCUT2D eigenvalue weighted by atomic mass is 35.5. The van der Waals surface area contributed by atoms with Crippen LogP contribution in [0.1, 0.15) is 10.6 Å².